The van der Waals surface area contributed by atoms with E-state index >= 15 is 0 Å². The molecule has 170 valence electrons. The Morgan fingerprint density at radius 3 is 1.94 bits per heavy atom. The topological polar surface area (TPSA) is 21.7 Å². The zero-order valence-corrected chi connectivity index (χ0v) is 20.3. The Morgan fingerprint density at radius 1 is 0.812 bits per heavy atom. The SMILES string of the molecule is COc1ccc(-c2ccc(-c3ccc4c(c3)CCC(CCN(C)C)C4OC)cc2)cc1.Cl. The van der Waals surface area contributed by atoms with Gasteiger partial charge in [0.2, 0.25) is 0 Å². The number of rotatable bonds is 7. The van der Waals surface area contributed by atoms with Crippen LogP contribution in [0.4, 0.5) is 0 Å². The van der Waals surface area contributed by atoms with Crippen molar-refractivity contribution in [2.75, 3.05) is 34.9 Å². The summed E-state index contributed by atoms with van der Waals surface area (Å²) in [6.07, 6.45) is 3.71. The van der Waals surface area contributed by atoms with Gasteiger partial charge in [0.1, 0.15) is 5.75 Å². The molecule has 1 aliphatic carbocycles. The fraction of sp³-hybridized carbons (Fsp3) is 0.357. The van der Waals surface area contributed by atoms with Crippen LogP contribution in [0.2, 0.25) is 0 Å². The van der Waals surface area contributed by atoms with Gasteiger partial charge >= 0.3 is 0 Å². The fourth-order valence-electron chi connectivity index (χ4n) is 4.70. The van der Waals surface area contributed by atoms with Gasteiger partial charge in [0.15, 0.2) is 0 Å². The van der Waals surface area contributed by atoms with Gasteiger partial charge in [-0.15, -0.1) is 12.4 Å². The van der Waals surface area contributed by atoms with Gasteiger partial charge in [-0.2, -0.15) is 0 Å². The monoisotopic (exact) mass is 451 g/mol. The third-order valence-electron chi connectivity index (χ3n) is 6.50. The maximum Gasteiger partial charge on any atom is 0.118 e. The first kappa shape index (κ1) is 24.3. The molecular formula is C28H34ClNO2. The number of nitrogens with zero attached hydrogens (tertiary/aromatic N) is 1. The van der Waals surface area contributed by atoms with Crippen molar-refractivity contribution in [3.8, 4) is 28.0 Å². The molecule has 0 bridgehead atoms. The quantitative estimate of drug-likeness (QED) is 0.401. The average molecular weight is 452 g/mol. The van der Waals surface area contributed by atoms with Crippen LogP contribution >= 0.6 is 12.4 Å². The first-order valence-corrected chi connectivity index (χ1v) is 11.1. The fourth-order valence-corrected chi connectivity index (χ4v) is 4.70. The number of fused-ring (bicyclic) bond motifs is 1. The number of hydrogen-bond donors (Lipinski definition) is 0. The molecule has 0 aromatic heterocycles. The maximum absolute atomic E-state index is 5.96. The van der Waals surface area contributed by atoms with Crippen molar-refractivity contribution in [2.45, 2.75) is 25.4 Å². The van der Waals surface area contributed by atoms with E-state index in [1.54, 1.807) is 7.11 Å². The number of aryl methyl sites for hydroxylation is 1. The summed E-state index contributed by atoms with van der Waals surface area (Å²) in [6.45, 7) is 1.11. The smallest absolute Gasteiger partial charge is 0.118 e. The van der Waals surface area contributed by atoms with E-state index in [0.29, 0.717) is 5.92 Å². The molecule has 32 heavy (non-hydrogen) atoms. The molecule has 0 saturated carbocycles. The van der Waals surface area contributed by atoms with Crippen LogP contribution in [0.25, 0.3) is 22.3 Å². The molecule has 0 heterocycles. The van der Waals surface area contributed by atoms with Crippen molar-refractivity contribution < 1.29 is 9.47 Å². The van der Waals surface area contributed by atoms with Crippen LogP contribution in [-0.2, 0) is 11.2 Å². The van der Waals surface area contributed by atoms with Crippen molar-refractivity contribution in [1.29, 1.82) is 0 Å². The van der Waals surface area contributed by atoms with Gasteiger partial charge in [0.05, 0.1) is 13.2 Å². The van der Waals surface area contributed by atoms with E-state index in [0.717, 1.165) is 18.7 Å². The van der Waals surface area contributed by atoms with Gasteiger partial charge in [-0.1, -0.05) is 54.6 Å². The summed E-state index contributed by atoms with van der Waals surface area (Å²) in [4.78, 5) is 2.26. The first-order chi connectivity index (χ1) is 15.1. The van der Waals surface area contributed by atoms with Crippen LogP contribution in [-0.4, -0.2) is 39.8 Å². The summed E-state index contributed by atoms with van der Waals surface area (Å²) in [5, 5.41) is 0. The second kappa shape index (κ2) is 11.0. The molecule has 3 aromatic rings. The summed E-state index contributed by atoms with van der Waals surface area (Å²) in [7, 11) is 7.84. The van der Waals surface area contributed by atoms with E-state index in [-0.39, 0.29) is 18.5 Å². The van der Waals surface area contributed by atoms with Crippen LogP contribution in [0.3, 0.4) is 0 Å². The number of hydrogen-bond acceptors (Lipinski definition) is 3. The zero-order valence-electron chi connectivity index (χ0n) is 19.5. The molecular weight excluding hydrogens is 418 g/mol. The summed E-state index contributed by atoms with van der Waals surface area (Å²) in [6, 6.07) is 24.0. The molecule has 4 rings (SSSR count). The molecule has 0 N–H and O–H groups in total. The Bertz CT molecular complexity index is 999. The minimum Gasteiger partial charge on any atom is -0.497 e. The molecule has 3 aromatic carbocycles. The maximum atomic E-state index is 5.96. The van der Waals surface area contributed by atoms with Gasteiger partial charge in [-0.05, 0) is 91.3 Å². The molecule has 4 heteroatoms. The number of methoxy groups -OCH3 is 2. The van der Waals surface area contributed by atoms with Crippen molar-refractivity contribution in [2.24, 2.45) is 5.92 Å². The molecule has 0 amide bonds. The van der Waals surface area contributed by atoms with Crippen molar-refractivity contribution in [1.82, 2.24) is 4.90 Å². The highest BCUT2D eigenvalue weighted by atomic mass is 35.5. The van der Waals surface area contributed by atoms with Gasteiger partial charge in [-0.25, -0.2) is 0 Å². The van der Waals surface area contributed by atoms with Gasteiger partial charge in [-0.3, -0.25) is 0 Å². The lowest BCUT2D eigenvalue weighted by atomic mass is 9.78. The molecule has 0 aliphatic heterocycles. The minimum absolute atomic E-state index is 0. The molecule has 0 saturated heterocycles. The normalized spacial score (nSPS) is 17.5. The predicted octanol–water partition coefficient (Wildman–Crippen LogP) is 6.65. The summed E-state index contributed by atoms with van der Waals surface area (Å²) < 4.78 is 11.2. The summed E-state index contributed by atoms with van der Waals surface area (Å²) >= 11 is 0. The van der Waals surface area contributed by atoms with E-state index in [9.17, 15) is 0 Å². The molecule has 3 nitrogen and oxygen atoms in total. The third kappa shape index (κ3) is 5.35. The number of benzene rings is 3. The Kier molecular flexibility index (Phi) is 8.36. The van der Waals surface area contributed by atoms with Crippen LogP contribution in [0.1, 0.15) is 30.1 Å². The second-order valence-electron chi connectivity index (χ2n) is 8.77. The Hall–Kier alpha value is -2.33. The first-order valence-electron chi connectivity index (χ1n) is 11.1. The van der Waals surface area contributed by atoms with Gasteiger partial charge < -0.3 is 14.4 Å². The molecule has 2 unspecified atom stereocenters. The highest BCUT2D eigenvalue weighted by molar-refractivity contribution is 5.85. The van der Waals surface area contributed by atoms with Gasteiger partial charge in [0.25, 0.3) is 0 Å². The average Bonchev–Trinajstić information content (AvgIpc) is 2.82. The molecule has 0 radical (unpaired) electrons. The van der Waals surface area contributed by atoms with Crippen LogP contribution in [0, 0.1) is 5.92 Å². The molecule has 2 atom stereocenters. The van der Waals surface area contributed by atoms with Crippen LogP contribution in [0.5, 0.6) is 5.75 Å². The van der Waals surface area contributed by atoms with E-state index in [1.807, 2.05) is 19.2 Å². The molecule has 0 spiro atoms. The molecule has 0 fully saturated rings. The number of ether oxygens (including phenoxy) is 2. The van der Waals surface area contributed by atoms with E-state index in [2.05, 4.69) is 73.6 Å². The minimum atomic E-state index is 0. The van der Waals surface area contributed by atoms with Crippen LogP contribution in [0.15, 0.2) is 66.7 Å². The molecule has 1 aliphatic rings. The number of halogens is 1. The summed E-state index contributed by atoms with van der Waals surface area (Å²) in [5.41, 5.74) is 7.75. The highest BCUT2D eigenvalue weighted by Crippen LogP contribution is 2.40. The Morgan fingerprint density at radius 2 is 1.38 bits per heavy atom. The predicted molar refractivity (Wildman–Crippen MR) is 136 cm³/mol. The second-order valence-corrected chi connectivity index (χ2v) is 8.77. The summed E-state index contributed by atoms with van der Waals surface area (Å²) in [5.74, 6) is 1.47. The van der Waals surface area contributed by atoms with E-state index in [1.165, 1.54) is 46.2 Å². The lowest BCUT2D eigenvalue weighted by Gasteiger charge is -2.33. The van der Waals surface area contributed by atoms with E-state index < -0.39 is 0 Å². The van der Waals surface area contributed by atoms with Crippen molar-refractivity contribution >= 4 is 12.4 Å². The highest BCUT2D eigenvalue weighted by Gasteiger charge is 2.29. The van der Waals surface area contributed by atoms with Crippen molar-refractivity contribution in [3.05, 3.63) is 77.9 Å². The van der Waals surface area contributed by atoms with Crippen molar-refractivity contribution in [3.63, 3.8) is 0 Å². The lowest BCUT2D eigenvalue weighted by molar-refractivity contribution is 0.0343. The van der Waals surface area contributed by atoms with Gasteiger partial charge in [0, 0.05) is 7.11 Å². The third-order valence-corrected chi connectivity index (χ3v) is 6.50. The standard InChI is InChI=1S/C28H33NO2.ClH/c1-29(2)18-17-23-9-10-25-19-24(13-16-27(25)28(23)31-4)22-7-5-20(6-8-22)21-11-14-26(30-3)15-12-21;/h5-8,11-16,19,23,28H,9-10,17-18H2,1-4H3;1H. The Balaban J connectivity index is 0.00000289. The Labute approximate surface area is 198 Å². The lowest BCUT2D eigenvalue weighted by Crippen LogP contribution is -2.26. The van der Waals surface area contributed by atoms with E-state index in [4.69, 9.17) is 9.47 Å². The largest absolute Gasteiger partial charge is 0.497 e. The van der Waals surface area contributed by atoms with Crippen LogP contribution < -0.4 is 4.74 Å². The zero-order chi connectivity index (χ0) is 21.8.